The fourth-order valence-corrected chi connectivity index (χ4v) is 6.42. The molecule has 0 fully saturated rings. The zero-order valence-corrected chi connectivity index (χ0v) is 33.7. The molecule has 1 amide bonds. The first-order valence-electron chi connectivity index (χ1n) is 21.9. The van der Waals surface area contributed by atoms with Gasteiger partial charge in [-0.3, -0.25) is 4.79 Å². The van der Waals surface area contributed by atoms with Crippen molar-refractivity contribution in [3.63, 3.8) is 0 Å². The number of amides is 1. The molecule has 0 spiro atoms. The Morgan fingerprint density at radius 2 is 0.843 bits per heavy atom. The minimum absolute atomic E-state index is 0.00410. The monoisotopic (exact) mass is 716 g/mol. The van der Waals surface area contributed by atoms with Gasteiger partial charge in [-0.25, -0.2) is 0 Å². The van der Waals surface area contributed by atoms with Crippen LogP contribution >= 0.6 is 0 Å². The molecule has 0 aromatic rings. The number of aliphatic hydroxyl groups is 3. The van der Waals surface area contributed by atoms with E-state index in [1.165, 1.54) is 135 Å². The van der Waals surface area contributed by atoms with E-state index in [2.05, 4.69) is 55.6 Å². The van der Waals surface area contributed by atoms with Crippen LogP contribution in [0.15, 0.2) is 48.6 Å². The summed E-state index contributed by atoms with van der Waals surface area (Å²) in [5.41, 5.74) is 0. The minimum Gasteiger partial charge on any atom is -0.394 e. The molecule has 3 unspecified atom stereocenters. The third kappa shape index (κ3) is 37.9. The summed E-state index contributed by atoms with van der Waals surface area (Å²) >= 11 is 0. The van der Waals surface area contributed by atoms with Crippen molar-refractivity contribution < 1.29 is 20.1 Å². The maximum Gasteiger partial charge on any atom is 0.222 e. The number of hydrogen-bond donors (Lipinski definition) is 4. The minimum atomic E-state index is -0.962. The molecule has 0 bridgehead atoms. The molecule has 298 valence electrons. The Hall–Kier alpha value is -1.69. The fourth-order valence-electron chi connectivity index (χ4n) is 6.42. The molecule has 5 heteroatoms. The summed E-state index contributed by atoms with van der Waals surface area (Å²) in [4.78, 5) is 12.4. The molecule has 0 radical (unpaired) electrons. The maximum absolute atomic E-state index is 12.4. The van der Waals surface area contributed by atoms with Crippen LogP contribution in [0.3, 0.4) is 0 Å². The number of aliphatic hydroxyl groups excluding tert-OH is 3. The number of hydrogen-bond acceptors (Lipinski definition) is 4. The highest BCUT2D eigenvalue weighted by Crippen LogP contribution is 2.14. The van der Waals surface area contributed by atoms with Crippen LogP contribution in [0.5, 0.6) is 0 Å². The highest BCUT2D eigenvalue weighted by atomic mass is 16.3. The summed E-state index contributed by atoms with van der Waals surface area (Å²) in [5.74, 6) is -0.335. The Bertz CT molecular complexity index is 835. The van der Waals surface area contributed by atoms with Crippen LogP contribution in [-0.4, -0.2) is 46.1 Å². The Morgan fingerprint density at radius 1 is 0.490 bits per heavy atom. The van der Waals surface area contributed by atoms with Gasteiger partial charge in [0.2, 0.25) is 5.91 Å². The molecule has 0 aromatic carbocycles. The van der Waals surface area contributed by atoms with Crippen molar-refractivity contribution >= 4 is 5.91 Å². The lowest BCUT2D eigenvalue weighted by atomic mass is 10.0. The van der Waals surface area contributed by atoms with Gasteiger partial charge in [0, 0.05) is 0 Å². The largest absolute Gasteiger partial charge is 0.394 e. The first-order chi connectivity index (χ1) is 25.0. The number of carbonyl (C=O) groups excluding carboxylic acids is 1. The van der Waals surface area contributed by atoms with Crippen molar-refractivity contribution in [1.82, 2.24) is 5.32 Å². The van der Waals surface area contributed by atoms with Crippen LogP contribution in [0.25, 0.3) is 0 Å². The number of nitrogens with one attached hydrogen (secondary N) is 1. The quantitative estimate of drug-likeness (QED) is 0.0377. The van der Waals surface area contributed by atoms with Crippen molar-refractivity contribution in [3.8, 4) is 0 Å². The Morgan fingerprint density at radius 3 is 1.25 bits per heavy atom. The van der Waals surface area contributed by atoms with Crippen LogP contribution in [0, 0.1) is 0 Å². The molecule has 0 aromatic heterocycles. The fraction of sp³-hybridized carbons (Fsp3) is 0.804. The van der Waals surface area contributed by atoms with Gasteiger partial charge in [-0.2, -0.15) is 0 Å². The second-order valence-corrected chi connectivity index (χ2v) is 14.9. The first kappa shape index (κ1) is 49.3. The Balaban J connectivity index is 3.73. The number of allylic oxidation sites excluding steroid dienone is 7. The van der Waals surface area contributed by atoms with Crippen molar-refractivity contribution in [1.29, 1.82) is 0 Å². The van der Waals surface area contributed by atoms with Crippen LogP contribution < -0.4 is 5.32 Å². The van der Waals surface area contributed by atoms with Crippen molar-refractivity contribution in [2.24, 2.45) is 0 Å². The standard InChI is InChI=1S/C46H85NO4/c1-3-5-7-9-11-13-15-17-19-20-21-22-23-24-26-27-29-31-33-35-37-39-43(49)41-46(51)47-44(42-48)45(50)40-38-36-34-32-30-28-25-18-16-14-12-10-8-6-4-2/h16,18,24,26,30,32,38,40,43-45,48-50H,3-15,17,19-23,25,27-29,31,33-37,39,41-42H2,1-2H3,(H,47,51)/b18-16+,26-24-,32-30+,40-38+. The van der Waals surface area contributed by atoms with Crippen molar-refractivity contribution in [3.05, 3.63) is 48.6 Å². The Labute approximate surface area is 316 Å². The van der Waals surface area contributed by atoms with E-state index in [1.807, 2.05) is 6.08 Å². The van der Waals surface area contributed by atoms with Gasteiger partial charge in [-0.1, -0.05) is 184 Å². The lowest BCUT2D eigenvalue weighted by Crippen LogP contribution is -2.45. The van der Waals surface area contributed by atoms with E-state index in [1.54, 1.807) is 6.08 Å². The van der Waals surface area contributed by atoms with E-state index in [0.29, 0.717) is 6.42 Å². The van der Waals surface area contributed by atoms with Crippen LogP contribution in [0.2, 0.25) is 0 Å². The smallest absolute Gasteiger partial charge is 0.222 e. The average molecular weight is 716 g/mol. The molecule has 5 nitrogen and oxygen atoms in total. The summed E-state index contributed by atoms with van der Waals surface area (Å²) < 4.78 is 0. The van der Waals surface area contributed by atoms with E-state index >= 15 is 0 Å². The summed E-state index contributed by atoms with van der Waals surface area (Å²) in [7, 11) is 0. The highest BCUT2D eigenvalue weighted by molar-refractivity contribution is 5.76. The van der Waals surface area contributed by atoms with E-state index < -0.39 is 18.2 Å². The molecule has 0 heterocycles. The lowest BCUT2D eigenvalue weighted by molar-refractivity contribution is -0.124. The molecule has 3 atom stereocenters. The maximum atomic E-state index is 12.4. The summed E-state index contributed by atoms with van der Waals surface area (Å²) in [6.45, 7) is 4.18. The van der Waals surface area contributed by atoms with Crippen LogP contribution in [0.1, 0.15) is 213 Å². The molecule has 0 aliphatic rings. The third-order valence-electron chi connectivity index (χ3n) is 9.82. The second-order valence-electron chi connectivity index (χ2n) is 14.9. The lowest BCUT2D eigenvalue weighted by Gasteiger charge is -2.20. The first-order valence-corrected chi connectivity index (χ1v) is 21.9. The zero-order chi connectivity index (χ0) is 37.3. The summed E-state index contributed by atoms with van der Waals surface area (Å²) in [6.07, 6.45) is 52.5. The van der Waals surface area contributed by atoms with Gasteiger partial charge in [0.05, 0.1) is 31.3 Å². The van der Waals surface area contributed by atoms with E-state index in [9.17, 15) is 20.1 Å². The van der Waals surface area contributed by atoms with Gasteiger partial charge in [-0.15, -0.1) is 0 Å². The van der Waals surface area contributed by atoms with Crippen molar-refractivity contribution in [2.75, 3.05) is 6.61 Å². The number of unbranched alkanes of at least 4 members (excludes halogenated alkanes) is 24. The van der Waals surface area contributed by atoms with Crippen molar-refractivity contribution in [2.45, 2.75) is 231 Å². The molecule has 0 aliphatic heterocycles. The SMILES string of the molecule is CCCCCCC/C=C/CC/C=C/CC/C=C/C(O)C(CO)NC(=O)CC(O)CCCCCCC/C=C\CCCCCCCCCCCCCC. The van der Waals surface area contributed by atoms with Gasteiger partial charge in [0.25, 0.3) is 0 Å². The van der Waals surface area contributed by atoms with E-state index in [-0.39, 0.29) is 18.9 Å². The molecule has 4 N–H and O–H groups in total. The zero-order valence-electron chi connectivity index (χ0n) is 33.7. The van der Waals surface area contributed by atoms with Gasteiger partial charge in [0.1, 0.15) is 0 Å². The van der Waals surface area contributed by atoms with E-state index in [0.717, 1.165) is 51.4 Å². The predicted octanol–water partition coefficient (Wildman–Crippen LogP) is 12.5. The van der Waals surface area contributed by atoms with Gasteiger partial charge < -0.3 is 20.6 Å². The number of rotatable bonds is 39. The molecule has 0 rings (SSSR count). The molecular weight excluding hydrogens is 631 g/mol. The van der Waals surface area contributed by atoms with Crippen LogP contribution in [-0.2, 0) is 4.79 Å². The van der Waals surface area contributed by atoms with Gasteiger partial charge in [-0.05, 0) is 70.6 Å². The normalized spacial score (nSPS) is 14.1. The summed E-state index contributed by atoms with van der Waals surface area (Å²) in [5, 5.41) is 33.2. The third-order valence-corrected chi connectivity index (χ3v) is 9.82. The predicted molar refractivity (Wildman–Crippen MR) is 222 cm³/mol. The topological polar surface area (TPSA) is 89.8 Å². The molecule has 0 saturated carbocycles. The second kappa shape index (κ2) is 41.1. The summed E-state index contributed by atoms with van der Waals surface area (Å²) in [6, 6.07) is -0.770. The van der Waals surface area contributed by atoms with Gasteiger partial charge >= 0.3 is 0 Å². The highest BCUT2D eigenvalue weighted by Gasteiger charge is 2.20. The molecule has 0 aliphatic carbocycles. The van der Waals surface area contributed by atoms with Gasteiger partial charge in [0.15, 0.2) is 0 Å². The number of carbonyl (C=O) groups is 1. The van der Waals surface area contributed by atoms with E-state index in [4.69, 9.17) is 0 Å². The van der Waals surface area contributed by atoms with Crippen LogP contribution in [0.4, 0.5) is 0 Å². The molecule has 0 saturated heterocycles. The average Bonchev–Trinajstić information content (AvgIpc) is 3.12. The molecular formula is C46H85NO4. The Kier molecular flexibility index (Phi) is 39.7. The molecule has 51 heavy (non-hydrogen) atoms.